The first-order chi connectivity index (χ1) is 8.25. The first-order valence-electron chi connectivity index (χ1n) is 5.36. The summed E-state index contributed by atoms with van der Waals surface area (Å²) in [6, 6.07) is 0. The molecular formula is C11H16N2O4S. The molecule has 0 aromatic carbocycles. The molecule has 0 aliphatic rings. The zero-order chi connectivity index (χ0) is 13.9. The minimum absolute atomic E-state index is 0.0875. The third-order valence-electron chi connectivity index (χ3n) is 2.20. The number of hydrogen-bond acceptors (Lipinski definition) is 5. The fourth-order valence-corrected chi connectivity index (χ4v) is 2.14. The maximum absolute atomic E-state index is 11.7. The summed E-state index contributed by atoms with van der Waals surface area (Å²) < 4.78 is 0. The number of aromatic carboxylic acids is 1. The second kappa shape index (κ2) is 5.45. The normalized spacial score (nSPS) is 11.3. The van der Waals surface area contributed by atoms with Crippen molar-refractivity contribution in [1.82, 2.24) is 10.3 Å². The zero-order valence-corrected chi connectivity index (χ0v) is 11.3. The van der Waals surface area contributed by atoms with Gasteiger partial charge < -0.3 is 15.5 Å². The van der Waals surface area contributed by atoms with Crippen LogP contribution >= 0.6 is 11.3 Å². The van der Waals surface area contributed by atoms with Gasteiger partial charge in [-0.05, 0) is 20.8 Å². The molecule has 6 nitrogen and oxygen atoms in total. The molecule has 1 aromatic heterocycles. The monoisotopic (exact) mass is 272 g/mol. The Morgan fingerprint density at radius 1 is 1.44 bits per heavy atom. The molecule has 1 amide bonds. The molecule has 7 heteroatoms. The summed E-state index contributed by atoms with van der Waals surface area (Å²) in [7, 11) is 0. The first-order valence-corrected chi connectivity index (χ1v) is 6.18. The Morgan fingerprint density at radius 3 is 2.56 bits per heavy atom. The lowest BCUT2D eigenvalue weighted by molar-refractivity contribution is -0.122. The van der Waals surface area contributed by atoms with Gasteiger partial charge in [-0.1, -0.05) is 0 Å². The Hall–Kier alpha value is -1.47. The van der Waals surface area contributed by atoms with E-state index < -0.39 is 11.5 Å². The van der Waals surface area contributed by atoms with Crippen molar-refractivity contribution in [3.8, 4) is 0 Å². The third-order valence-corrected chi connectivity index (χ3v) is 3.20. The van der Waals surface area contributed by atoms with E-state index in [2.05, 4.69) is 10.3 Å². The highest BCUT2D eigenvalue weighted by molar-refractivity contribution is 7.13. The Labute approximate surface area is 109 Å². The Balaban J connectivity index is 2.79. The lowest BCUT2D eigenvalue weighted by Gasteiger charge is -2.23. The Kier molecular flexibility index (Phi) is 4.42. The molecule has 0 fully saturated rings. The fraction of sp³-hybridized carbons (Fsp3) is 0.545. The van der Waals surface area contributed by atoms with Crippen LogP contribution in [0.1, 0.15) is 34.2 Å². The van der Waals surface area contributed by atoms with Gasteiger partial charge in [-0.25, -0.2) is 9.78 Å². The molecule has 0 aliphatic carbocycles. The van der Waals surface area contributed by atoms with Gasteiger partial charge in [0.15, 0.2) is 0 Å². The maximum atomic E-state index is 11.7. The second-order valence-electron chi connectivity index (χ2n) is 4.58. The van der Waals surface area contributed by atoms with Crippen LogP contribution in [0.4, 0.5) is 0 Å². The highest BCUT2D eigenvalue weighted by atomic mass is 32.1. The molecule has 0 radical (unpaired) electrons. The van der Waals surface area contributed by atoms with Crippen LogP contribution in [0.3, 0.4) is 0 Å². The molecule has 3 N–H and O–H groups in total. The van der Waals surface area contributed by atoms with E-state index in [-0.39, 0.29) is 29.5 Å². The standard InChI is InChI=1S/C11H16N2O4S/c1-6-12-7(9(18-6)10(16)17)4-8(15)13-11(2,3)5-14/h14H,4-5H2,1-3H3,(H,13,15)(H,16,17). The average molecular weight is 272 g/mol. The van der Waals surface area contributed by atoms with E-state index in [1.165, 1.54) is 0 Å². The minimum atomic E-state index is -1.08. The van der Waals surface area contributed by atoms with Crippen molar-refractivity contribution in [3.63, 3.8) is 0 Å². The Morgan fingerprint density at radius 2 is 2.06 bits per heavy atom. The molecular weight excluding hydrogens is 256 g/mol. The van der Waals surface area contributed by atoms with Gasteiger partial charge in [0.25, 0.3) is 0 Å². The topological polar surface area (TPSA) is 99.5 Å². The van der Waals surface area contributed by atoms with Gasteiger partial charge in [-0.2, -0.15) is 0 Å². The van der Waals surface area contributed by atoms with Crippen LogP contribution in [0, 0.1) is 6.92 Å². The van der Waals surface area contributed by atoms with E-state index in [0.29, 0.717) is 5.01 Å². The number of thiazole rings is 1. The predicted molar refractivity (Wildman–Crippen MR) is 66.8 cm³/mol. The molecule has 0 atom stereocenters. The van der Waals surface area contributed by atoms with Crippen molar-refractivity contribution in [1.29, 1.82) is 0 Å². The molecule has 1 aromatic rings. The van der Waals surface area contributed by atoms with Crippen molar-refractivity contribution in [2.45, 2.75) is 32.7 Å². The van der Waals surface area contributed by atoms with Crippen LogP contribution < -0.4 is 5.32 Å². The molecule has 100 valence electrons. The van der Waals surface area contributed by atoms with Gasteiger partial charge in [0, 0.05) is 0 Å². The second-order valence-corrected chi connectivity index (χ2v) is 5.78. The van der Waals surface area contributed by atoms with E-state index in [9.17, 15) is 9.59 Å². The highest BCUT2D eigenvalue weighted by Gasteiger charge is 2.22. The number of aliphatic hydroxyl groups excluding tert-OH is 1. The molecule has 0 unspecified atom stereocenters. The average Bonchev–Trinajstić information content (AvgIpc) is 2.58. The zero-order valence-electron chi connectivity index (χ0n) is 10.5. The highest BCUT2D eigenvalue weighted by Crippen LogP contribution is 2.18. The van der Waals surface area contributed by atoms with Crippen molar-refractivity contribution in [2.24, 2.45) is 0 Å². The molecule has 1 heterocycles. The van der Waals surface area contributed by atoms with Crippen LogP contribution in [0.2, 0.25) is 0 Å². The van der Waals surface area contributed by atoms with Gasteiger partial charge in [0.2, 0.25) is 5.91 Å². The van der Waals surface area contributed by atoms with Gasteiger partial charge in [0.1, 0.15) is 4.88 Å². The lowest BCUT2D eigenvalue weighted by atomic mass is 10.1. The fourth-order valence-electron chi connectivity index (χ4n) is 1.37. The number of nitrogens with zero attached hydrogens (tertiary/aromatic N) is 1. The van der Waals surface area contributed by atoms with Gasteiger partial charge >= 0.3 is 5.97 Å². The molecule has 18 heavy (non-hydrogen) atoms. The number of aromatic nitrogens is 1. The van der Waals surface area contributed by atoms with Gasteiger partial charge in [-0.3, -0.25) is 4.79 Å². The SMILES string of the molecule is Cc1nc(CC(=O)NC(C)(C)CO)c(C(=O)O)s1. The summed E-state index contributed by atoms with van der Waals surface area (Å²) in [5, 5.41) is 21.2. The molecule has 0 bridgehead atoms. The number of amides is 1. The summed E-state index contributed by atoms with van der Waals surface area (Å²) in [6.45, 7) is 4.85. The van der Waals surface area contributed by atoms with Crippen molar-refractivity contribution in [3.05, 3.63) is 15.6 Å². The number of carbonyl (C=O) groups excluding carboxylic acids is 1. The number of aryl methyl sites for hydroxylation is 1. The predicted octanol–water partition coefficient (Wildman–Crippen LogP) is 0.579. The number of nitrogens with one attached hydrogen (secondary N) is 1. The van der Waals surface area contributed by atoms with Crippen molar-refractivity contribution >= 4 is 23.2 Å². The van der Waals surface area contributed by atoms with E-state index >= 15 is 0 Å². The molecule has 0 aliphatic heterocycles. The van der Waals surface area contributed by atoms with Gasteiger partial charge in [-0.15, -0.1) is 11.3 Å². The van der Waals surface area contributed by atoms with E-state index in [4.69, 9.17) is 10.2 Å². The number of carbonyl (C=O) groups is 2. The number of carboxylic acid groups (broad SMARTS) is 1. The summed E-state index contributed by atoms with van der Waals surface area (Å²) in [5.74, 6) is -1.44. The number of hydrogen-bond donors (Lipinski definition) is 3. The summed E-state index contributed by atoms with van der Waals surface area (Å²) in [4.78, 5) is 26.8. The maximum Gasteiger partial charge on any atom is 0.347 e. The van der Waals surface area contributed by atoms with Crippen LogP contribution in [0.25, 0.3) is 0 Å². The molecule has 0 saturated heterocycles. The number of aliphatic hydroxyl groups is 1. The van der Waals surface area contributed by atoms with Gasteiger partial charge in [0.05, 0.1) is 29.3 Å². The van der Waals surface area contributed by atoms with Crippen LogP contribution in [-0.2, 0) is 11.2 Å². The van der Waals surface area contributed by atoms with Crippen molar-refractivity contribution < 1.29 is 19.8 Å². The van der Waals surface area contributed by atoms with E-state index in [0.717, 1.165) is 11.3 Å². The lowest BCUT2D eigenvalue weighted by Crippen LogP contribution is -2.47. The molecule has 1 rings (SSSR count). The van der Waals surface area contributed by atoms with Crippen LogP contribution in [-0.4, -0.2) is 39.2 Å². The third kappa shape index (κ3) is 3.78. The largest absolute Gasteiger partial charge is 0.477 e. The van der Waals surface area contributed by atoms with E-state index in [1.54, 1.807) is 20.8 Å². The molecule has 0 saturated carbocycles. The summed E-state index contributed by atoms with van der Waals surface area (Å²) in [6.07, 6.45) is -0.102. The number of rotatable bonds is 5. The van der Waals surface area contributed by atoms with Crippen LogP contribution in [0.5, 0.6) is 0 Å². The first kappa shape index (κ1) is 14.6. The quantitative estimate of drug-likeness (QED) is 0.728. The smallest absolute Gasteiger partial charge is 0.347 e. The summed E-state index contributed by atoms with van der Waals surface area (Å²) in [5.41, 5.74) is -0.470. The van der Waals surface area contributed by atoms with Crippen LogP contribution in [0.15, 0.2) is 0 Å². The number of carboxylic acids is 1. The minimum Gasteiger partial charge on any atom is -0.477 e. The van der Waals surface area contributed by atoms with Crippen molar-refractivity contribution in [2.75, 3.05) is 6.61 Å². The van der Waals surface area contributed by atoms with E-state index in [1.807, 2.05) is 0 Å². The molecule has 0 spiro atoms. The Bertz CT molecular complexity index is 468. The summed E-state index contributed by atoms with van der Waals surface area (Å²) >= 11 is 1.05.